The standard InChI is InChI=1S/C53H59N3O10S.Na/c1-37-36-52(2,3)55(28-29-64-31-30-63-6)45-35-47-42(34-41(37)45)39(32-46(65-47)38-18-13-10-14-19-38)20-12-8-7-9-15-21-48-53(4,5)43-33-40(67(60,61)62)23-24-44(43)54(48)27-17-11-16-22-51(59)66-56-49(57)25-26-50(56)58;/h7-10,12-15,18-21,23-24,32-36H,11,16-17,22,25-31H2,1-6H3;/q;+1. The van der Waals surface area contributed by atoms with Gasteiger partial charge in [0.1, 0.15) is 28.2 Å². The molecule has 0 unspecified atom stereocenters. The maximum Gasteiger partial charge on any atom is 1.00 e. The van der Waals surface area contributed by atoms with Crippen LogP contribution in [0, 0.1) is 0 Å². The molecule has 4 heterocycles. The van der Waals surface area contributed by atoms with Crippen LogP contribution in [-0.2, 0) is 44.2 Å². The summed E-state index contributed by atoms with van der Waals surface area (Å²) in [5, 5.41) is 0.559. The van der Waals surface area contributed by atoms with Crippen molar-refractivity contribution < 1.29 is 80.5 Å². The van der Waals surface area contributed by atoms with Crippen LogP contribution in [0.15, 0.2) is 120 Å². The summed E-state index contributed by atoms with van der Waals surface area (Å²) in [5.74, 6) is -0.153. The van der Waals surface area contributed by atoms with Crippen molar-refractivity contribution >= 4 is 61.9 Å². The number of carbonyl (C=O) groups is 3. The van der Waals surface area contributed by atoms with Crippen molar-refractivity contribution in [2.75, 3.05) is 44.9 Å². The van der Waals surface area contributed by atoms with Gasteiger partial charge >= 0.3 is 35.5 Å². The maximum atomic E-state index is 12.4. The number of hydrogen-bond acceptors (Lipinski definition) is 11. The molecule has 2 amide bonds. The van der Waals surface area contributed by atoms with Crippen molar-refractivity contribution in [1.29, 1.82) is 0 Å². The number of allylic oxidation sites excluding steroid dienone is 10. The third-order valence-corrected chi connectivity index (χ3v) is 13.3. The van der Waals surface area contributed by atoms with Crippen LogP contribution < -0.4 is 39.2 Å². The number of hydroxylamine groups is 2. The summed E-state index contributed by atoms with van der Waals surface area (Å²) in [6.07, 6.45) is 20.1. The third-order valence-electron chi connectivity index (χ3n) is 12.4. The van der Waals surface area contributed by atoms with Gasteiger partial charge in [-0.25, -0.2) is 13.2 Å². The summed E-state index contributed by atoms with van der Waals surface area (Å²) in [5.41, 5.74) is 7.92. The van der Waals surface area contributed by atoms with Crippen LogP contribution >= 0.6 is 0 Å². The van der Waals surface area contributed by atoms with E-state index in [1.54, 1.807) is 13.2 Å². The fraction of sp³-hybridized carbons (Fsp3) is 0.358. The van der Waals surface area contributed by atoms with E-state index >= 15 is 0 Å². The van der Waals surface area contributed by atoms with Crippen LogP contribution in [0.3, 0.4) is 0 Å². The molecule has 0 aliphatic carbocycles. The van der Waals surface area contributed by atoms with E-state index in [1.165, 1.54) is 17.7 Å². The number of unbranched alkanes of at least 4 members (excludes halogenated alkanes) is 2. The summed E-state index contributed by atoms with van der Waals surface area (Å²) in [7, 11) is -3.01. The number of ether oxygens (including phenoxy) is 3. The third kappa shape index (κ3) is 12.0. The number of amides is 2. The minimum absolute atomic E-state index is 0. The van der Waals surface area contributed by atoms with Gasteiger partial charge in [0.25, 0.3) is 11.8 Å². The number of benzene rings is 3. The normalized spacial score (nSPS) is 18.0. The van der Waals surface area contributed by atoms with Gasteiger partial charge in [-0.15, -0.1) is 5.06 Å². The molecule has 352 valence electrons. The van der Waals surface area contributed by atoms with Gasteiger partial charge in [0.15, 0.2) is 5.71 Å². The zero-order valence-corrected chi connectivity index (χ0v) is 42.9. The van der Waals surface area contributed by atoms with Gasteiger partial charge in [-0.1, -0.05) is 72.9 Å². The molecule has 1 saturated heterocycles. The monoisotopic (exact) mass is 952 g/mol. The van der Waals surface area contributed by atoms with E-state index in [2.05, 4.69) is 60.6 Å². The molecule has 7 rings (SSSR count). The van der Waals surface area contributed by atoms with E-state index in [0.29, 0.717) is 57.2 Å². The number of carbonyl (C=O) groups excluding carboxylic acids is 3. The number of fused-ring (bicyclic) bond motifs is 3. The molecule has 13 nitrogen and oxygen atoms in total. The summed E-state index contributed by atoms with van der Waals surface area (Å²) in [6, 6.07) is 18.9. The Balaban J connectivity index is 0.00000761. The Hall–Kier alpha value is -5.19. The molecule has 1 fully saturated rings. The first-order chi connectivity index (χ1) is 32.0. The molecule has 4 aliphatic rings. The maximum absolute atomic E-state index is 12.4. The van der Waals surface area contributed by atoms with Gasteiger partial charge in [0, 0.05) is 85.5 Å². The van der Waals surface area contributed by atoms with Gasteiger partial charge in [-0.05, 0) is 82.9 Å². The van der Waals surface area contributed by atoms with E-state index in [1.807, 2.05) is 80.6 Å². The molecule has 4 aliphatic heterocycles. The first-order valence-corrected chi connectivity index (χ1v) is 24.1. The molecule has 15 heteroatoms. The zero-order valence-electron chi connectivity index (χ0n) is 40.1. The Kier molecular flexibility index (Phi) is 17.3. The zero-order chi connectivity index (χ0) is 47.9. The number of methoxy groups -OCH3 is 1. The summed E-state index contributed by atoms with van der Waals surface area (Å²) < 4.78 is 56.0. The fourth-order valence-electron chi connectivity index (χ4n) is 9.04. The molecule has 0 spiro atoms. The molecule has 0 N–H and O–H groups in total. The van der Waals surface area contributed by atoms with E-state index in [9.17, 15) is 27.4 Å². The average Bonchev–Trinajstić information content (AvgIpc) is 3.71. The van der Waals surface area contributed by atoms with E-state index in [0.717, 1.165) is 56.4 Å². The van der Waals surface area contributed by atoms with Crippen LogP contribution in [0.2, 0.25) is 0 Å². The Morgan fingerprint density at radius 2 is 1.60 bits per heavy atom. The van der Waals surface area contributed by atoms with Gasteiger partial charge in [0.2, 0.25) is 5.69 Å². The van der Waals surface area contributed by atoms with Crippen LogP contribution in [0.4, 0.5) is 11.4 Å². The van der Waals surface area contributed by atoms with Gasteiger partial charge in [-0.3, -0.25) is 9.59 Å². The van der Waals surface area contributed by atoms with Crippen molar-refractivity contribution in [3.8, 4) is 5.75 Å². The van der Waals surface area contributed by atoms with Crippen molar-refractivity contribution in [2.24, 2.45) is 0 Å². The second-order valence-electron chi connectivity index (χ2n) is 18.0. The van der Waals surface area contributed by atoms with Crippen LogP contribution in [0.5, 0.6) is 5.75 Å². The molecule has 0 bridgehead atoms. The first-order valence-electron chi connectivity index (χ1n) is 22.7. The molecule has 0 aromatic heterocycles. The van der Waals surface area contributed by atoms with Gasteiger partial charge < -0.3 is 28.5 Å². The molecule has 0 radical (unpaired) electrons. The van der Waals surface area contributed by atoms with E-state index < -0.39 is 33.3 Å². The number of hydrogen-bond donors (Lipinski definition) is 0. The molecule has 3 aromatic carbocycles. The van der Waals surface area contributed by atoms with Crippen molar-refractivity contribution in [3.05, 3.63) is 138 Å². The largest absolute Gasteiger partial charge is 1.00 e. The van der Waals surface area contributed by atoms with Crippen LogP contribution in [0.25, 0.3) is 16.9 Å². The molecule has 68 heavy (non-hydrogen) atoms. The minimum atomic E-state index is -4.68. The quantitative estimate of drug-likeness (QED) is 0.0348. The Morgan fingerprint density at radius 1 is 0.882 bits per heavy atom. The van der Waals surface area contributed by atoms with Gasteiger partial charge in [-0.2, -0.15) is 4.58 Å². The Labute approximate surface area is 422 Å². The second kappa shape index (κ2) is 22.5. The van der Waals surface area contributed by atoms with E-state index in [4.69, 9.17) is 19.0 Å². The smallest absolute Gasteiger partial charge is 0.744 e. The van der Waals surface area contributed by atoms with Crippen molar-refractivity contribution in [3.63, 3.8) is 0 Å². The second-order valence-corrected chi connectivity index (χ2v) is 19.4. The Bertz CT molecular complexity index is 2730. The Morgan fingerprint density at radius 3 is 2.32 bits per heavy atom. The SMILES string of the molecule is COCCOCCN1c2cc3c(cc2C(C)=CC1(C)C)C(=CC=CC=CC=CC1=[N+](CCCCCC(=O)ON2C(=O)CCC2=O)c2ccc(S(=O)(=O)[O-])cc2C1(C)C)C=C(c1ccccc1)O3.[Na+]. The number of anilines is 1. The number of nitrogens with zero attached hydrogens (tertiary/aromatic N) is 3. The molecular formula is C53H59N3NaO10S+. The average molecular weight is 953 g/mol. The van der Waals surface area contributed by atoms with Crippen LogP contribution in [0.1, 0.15) is 95.4 Å². The van der Waals surface area contributed by atoms with Gasteiger partial charge in [0.05, 0.1) is 35.7 Å². The number of imide groups is 1. The predicted molar refractivity (Wildman–Crippen MR) is 258 cm³/mol. The fourth-order valence-corrected chi connectivity index (χ4v) is 9.54. The molecule has 0 atom stereocenters. The summed E-state index contributed by atoms with van der Waals surface area (Å²) in [6.45, 7) is 13.5. The predicted octanol–water partition coefficient (Wildman–Crippen LogP) is 5.99. The van der Waals surface area contributed by atoms with Crippen molar-refractivity contribution in [1.82, 2.24) is 5.06 Å². The van der Waals surface area contributed by atoms with E-state index in [-0.39, 0.29) is 59.3 Å². The molecule has 0 saturated carbocycles. The summed E-state index contributed by atoms with van der Waals surface area (Å²) >= 11 is 0. The van der Waals surface area contributed by atoms with Crippen LogP contribution in [-0.4, -0.2) is 91.7 Å². The first kappa shape index (κ1) is 52.2. The molecular weight excluding hydrogens is 894 g/mol. The number of rotatable bonds is 19. The summed E-state index contributed by atoms with van der Waals surface area (Å²) in [4.78, 5) is 43.1. The van der Waals surface area contributed by atoms with Crippen molar-refractivity contribution in [2.45, 2.75) is 89.0 Å². The minimum Gasteiger partial charge on any atom is -0.744 e. The molecule has 3 aromatic rings. The topological polar surface area (TPSA) is 155 Å².